The van der Waals surface area contributed by atoms with Gasteiger partial charge in [0.2, 0.25) is 11.3 Å². The molecule has 1 fully saturated rings. The van der Waals surface area contributed by atoms with Crippen LogP contribution in [0.25, 0.3) is 10.9 Å². The molecule has 3 rings (SSSR count). The fourth-order valence-electron chi connectivity index (χ4n) is 3.29. The molecule has 0 spiro atoms. The molecular weight excluding hydrogens is 294 g/mol. The molecule has 6 nitrogen and oxygen atoms in total. The van der Waals surface area contributed by atoms with Crippen LogP contribution < -0.4 is 10.7 Å². The van der Waals surface area contributed by atoms with Gasteiger partial charge in [0.05, 0.1) is 11.7 Å². The van der Waals surface area contributed by atoms with Crippen LogP contribution in [0, 0.1) is 5.92 Å². The first-order valence-corrected chi connectivity index (χ1v) is 8.04. The van der Waals surface area contributed by atoms with Crippen LogP contribution >= 0.6 is 0 Å². The summed E-state index contributed by atoms with van der Waals surface area (Å²) in [5.74, 6) is -0.0110. The van der Waals surface area contributed by atoms with Gasteiger partial charge in [-0.3, -0.25) is 14.3 Å². The molecule has 0 aliphatic heterocycles. The van der Waals surface area contributed by atoms with Gasteiger partial charge in [-0.15, -0.1) is 0 Å². The lowest BCUT2D eigenvalue weighted by Gasteiger charge is -2.30. The van der Waals surface area contributed by atoms with E-state index in [1.54, 1.807) is 22.9 Å². The predicted molar refractivity (Wildman–Crippen MR) is 87.0 cm³/mol. The van der Waals surface area contributed by atoms with Crippen LogP contribution in [0.4, 0.5) is 0 Å². The Morgan fingerprint density at radius 2 is 2.09 bits per heavy atom. The molecule has 0 radical (unpaired) electrons. The highest BCUT2D eigenvalue weighted by Gasteiger charge is 2.25. The summed E-state index contributed by atoms with van der Waals surface area (Å²) >= 11 is 0. The van der Waals surface area contributed by atoms with Crippen molar-refractivity contribution in [3.63, 3.8) is 0 Å². The topological polar surface area (TPSA) is 84.2 Å². The van der Waals surface area contributed by atoms with Crippen LogP contribution in [0.2, 0.25) is 0 Å². The summed E-state index contributed by atoms with van der Waals surface area (Å²) in [5.41, 5.74) is 0.502. The van der Waals surface area contributed by atoms with Crippen molar-refractivity contribution < 1.29 is 9.90 Å². The van der Waals surface area contributed by atoms with E-state index in [1.807, 2.05) is 6.07 Å². The van der Waals surface area contributed by atoms with Gasteiger partial charge < -0.3 is 10.4 Å². The summed E-state index contributed by atoms with van der Waals surface area (Å²) in [5, 5.41) is 17.1. The monoisotopic (exact) mass is 315 g/mol. The van der Waals surface area contributed by atoms with Gasteiger partial charge in [-0.05, 0) is 25.0 Å². The van der Waals surface area contributed by atoms with E-state index in [4.69, 9.17) is 0 Å². The Balaban J connectivity index is 1.75. The molecule has 1 aliphatic carbocycles. The van der Waals surface area contributed by atoms with E-state index in [0.717, 1.165) is 25.7 Å². The number of aliphatic hydroxyl groups excluding tert-OH is 1. The first-order chi connectivity index (χ1) is 11.2. The summed E-state index contributed by atoms with van der Waals surface area (Å²) in [6.45, 7) is 0.166. The SMILES string of the molecule is O=C(Cn1ncc(=O)c2ccccc21)NC1CCCCC1CO. The molecule has 1 saturated carbocycles. The summed E-state index contributed by atoms with van der Waals surface area (Å²) in [6, 6.07) is 7.15. The zero-order valence-electron chi connectivity index (χ0n) is 12.9. The van der Waals surface area contributed by atoms with Crippen molar-refractivity contribution in [3.8, 4) is 0 Å². The first kappa shape index (κ1) is 15.7. The van der Waals surface area contributed by atoms with Gasteiger partial charge in [0.15, 0.2) is 0 Å². The molecule has 1 heterocycles. The number of aliphatic hydroxyl groups is 1. The number of fused-ring (bicyclic) bond motifs is 1. The summed E-state index contributed by atoms with van der Waals surface area (Å²) in [7, 11) is 0. The highest BCUT2D eigenvalue weighted by Crippen LogP contribution is 2.23. The lowest BCUT2D eigenvalue weighted by Crippen LogP contribution is -2.44. The van der Waals surface area contributed by atoms with Gasteiger partial charge in [0, 0.05) is 24.0 Å². The lowest BCUT2D eigenvalue weighted by atomic mass is 9.85. The third-order valence-electron chi connectivity index (χ3n) is 4.55. The van der Waals surface area contributed by atoms with Gasteiger partial charge in [-0.1, -0.05) is 25.0 Å². The maximum absolute atomic E-state index is 12.3. The van der Waals surface area contributed by atoms with E-state index < -0.39 is 0 Å². The van der Waals surface area contributed by atoms with Crippen molar-refractivity contribution >= 4 is 16.8 Å². The van der Waals surface area contributed by atoms with E-state index in [9.17, 15) is 14.7 Å². The number of hydrogen-bond acceptors (Lipinski definition) is 4. The molecule has 2 N–H and O–H groups in total. The lowest BCUT2D eigenvalue weighted by molar-refractivity contribution is -0.123. The number of benzene rings is 1. The minimum atomic E-state index is -0.148. The molecule has 1 aromatic heterocycles. The smallest absolute Gasteiger partial charge is 0.241 e. The maximum atomic E-state index is 12.3. The van der Waals surface area contributed by atoms with Gasteiger partial charge in [-0.2, -0.15) is 5.10 Å². The second-order valence-corrected chi connectivity index (χ2v) is 6.08. The average molecular weight is 315 g/mol. The van der Waals surface area contributed by atoms with Crippen LogP contribution in [0.15, 0.2) is 35.3 Å². The molecule has 6 heteroatoms. The predicted octanol–water partition coefficient (Wildman–Crippen LogP) is 1.06. The molecule has 1 aromatic carbocycles. The number of carbonyl (C=O) groups is 1. The van der Waals surface area contributed by atoms with Crippen molar-refractivity contribution in [2.45, 2.75) is 38.3 Å². The average Bonchev–Trinajstić information content (AvgIpc) is 2.58. The number of rotatable bonds is 4. The van der Waals surface area contributed by atoms with E-state index in [-0.39, 0.29) is 36.4 Å². The Labute approximate surface area is 134 Å². The Hall–Kier alpha value is -2.21. The van der Waals surface area contributed by atoms with Crippen LogP contribution in [0.3, 0.4) is 0 Å². The van der Waals surface area contributed by atoms with Gasteiger partial charge >= 0.3 is 0 Å². The largest absolute Gasteiger partial charge is 0.396 e. The van der Waals surface area contributed by atoms with E-state index in [1.165, 1.54) is 6.20 Å². The fourth-order valence-corrected chi connectivity index (χ4v) is 3.29. The highest BCUT2D eigenvalue weighted by atomic mass is 16.3. The van der Waals surface area contributed by atoms with Crippen molar-refractivity contribution in [1.82, 2.24) is 15.1 Å². The molecule has 1 aliphatic rings. The number of aromatic nitrogens is 2. The van der Waals surface area contributed by atoms with Gasteiger partial charge in [-0.25, -0.2) is 0 Å². The van der Waals surface area contributed by atoms with Crippen LogP contribution in [0.5, 0.6) is 0 Å². The molecule has 23 heavy (non-hydrogen) atoms. The Morgan fingerprint density at radius 1 is 1.30 bits per heavy atom. The summed E-state index contributed by atoms with van der Waals surface area (Å²) in [4.78, 5) is 24.2. The highest BCUT2D eigenvalue weighted by molar-refractivity contribution is 5.81. The number of amides is 1. The standard InChI is InChI=1S/C17H21N3O3/c21-11-12-5-1-3-7-14(12)19-17(23)10-20-15-8-4-2-6-13(15)16(22)9-18-20/h2,4,6,8-9,12,14,21H,1,3,5,7,10-11H2,(H,19,23). The summed E-state index contributed by atoms with van der Waals surface area (Å²) in [6.07, 6.45) is 5.26. The Kier molecular flexibility index (Phi) is 4.71. The molecule has 2 unspecified atom stereocenters. The quantitative estimate of drug-likeness (QED) is 0.884. The minimum absolute atomic E-state index is 0.0203. The number of hydrogen-bond donors (Lipinski definition) is 2. The Bertz CT molecular complexity index is 756. The number of nitrogens with zero attached hydrogens (tertiary/aromatic N) is 2. The van der Waals surface area contributed by atoms with Crippen molar-refractivity contribution in [2.24, 2.45) is 5.92 Å². The molecule has 2 aromatic rings. The fraction of sp³-hybridized carbons (Fsp3) is 0.471. The molecule has 0 bridgehead atoms. The van der Waals surface area contributed by atoms with Crippen molar-refractivity contribution in [1.29, 1.82) is 0 Å². The molecule has 0 saturated heterocycles. The molecule has 122 valence electrons. The van der Waals surface area contributed by atoms with Crippen molar-refractivity contribution in [3.05, 3.63) is 40.7 Å². The molecule has 1 amide bonds. The van der Waals surface area contributed by atoms with Gasteiger partial charge in [0.25, 0.3) is 0 Å². The number of para-hydroxylation sites is 1. The minimum Gasteiger partial charge on any atom is -0.396 e. The third kappa shape index (κ3) is 3.42. The van der Waals surface area contributed by atoms with Gasteiger partial charge in [0.1, 0.15) is 6.54 Å². The second-order valence-electron chi connectivity index (χ2n) is 6.08. The number of nitrogens with one attached hydrogen (secondary N) is 1. The maximum Gasteiger partial charge on any atom is 0.241 e. The van der Waals surface area contributed by atoms with E-state index >= 15 is 0 Å². The molecular formula is C17H21N3O3. The van der Waals surface area contributed by atoms with E-state index in [0.29, 0.717) is 10.9 Å². The first-order valence-electron chi connectivity index (χ1n) is 8.04. The third-order valence-corrected chi connectivity index (χ3v) is 4.55. The van der Waals surface area contributed by atoms with Crippen LogP contribution in [-0.2, 0) is 11.3 Å². The zero-order valence-corrected chi connectivity index (χ0v) is 12.9. The van der Waals surface area contributed by atoms with Crippen molar-refractivity contribution in [2.75, 3.05) is 6.61 Å². The summed E-state index contributed by atoms with van der Waals surface area (Å²) < 4.78 is 1.54. The second kappa shape index (κ2) is 6.91. The zero-order chi connectivity index (χ0) is 16.2. The number of carbonyl (C=O) groups excluding carboxylic acids is 1. The normalized spacial score (nSPS) is 21.3. The van der Waals surface area contributed by atoms with Crippen LogP contribution in [0.1, 0.15) is 25.7 Å². The Morgan fingerprint density at radius 3 is 2.91 bits per heavy atom. The molecule has 2 atom stereocenters. The van der Waals surface area contributed by atoms with Crippen LogP contribution in [-0.4, -0.2) is 33.4 Å². The van der Waals surface area contributed by atoms with E-state index in [2.05, 4.69) is 10.4 Å².